The maximum atomic E-state index is 5.82. The van der Waals surface area contributed by atoms with Crippen LogP contribution in [0.5, 0.6) is 5.75 Å². The Morgan fingerprint density at radius 3 is 2.62 bits per heavy atom. The highest BCUT2D eigenvalue weighted by Gasteiger charge is 2.07. The summed E-state index contributed by atoms with van der Waals surface area (Å²) in [6.07, 6.45) is 1.11. The summed E-state index contributed by atoms with van der Waals surface area (Å²) >= 11 is 3.53. The highest BCUT2D eigenvalue weighted by atomic mass is 79.9. The zero-order chi connectivity index (χ0) is 14.5. The molecule has 1 heterocycles. The quantitative estimate of drug-likeness (QED) is 0.915. The van der Waals surface area contributed by atoms with Gasteiger partial charge in [-0.15, -0.1) is 0 Å². The second-order valence-corrected chi connectivity index (χ2v) is 5.77. The summed E-state index contributed by atoms with van der Waals surface area (Å²) in [5.41, 5.74) is 2.25. The van der Waals surface area contributed by atoms with Crippen molar-refractivity contribution >= 4 is 21.8 Å². The Morgan fingerprint density at radius 2 is 1.90 bits per heavy atom. The summed E-state index contributed by atoms with van der Waals surface area (Å²) < 4.78 is 6.90. The van der Waals surface area contributed by atoms with E-state index in [1.165, 1.54) is 0 Å². The first kappa shape index (κ1) is 14.1. The molecule has 3 nitrogen and oxygen atoms in total. The summed E-state index contributed by atoms with van der Waals surface area (Å²) in [5.74, 6) is 1.85. The lowest BCUT2D eigenvalue weighted by Crippen LogP contribution is -2.30. The van der Waals surface area contributed by atoms with E-state index in [0.717, 1.165) is 46.7 Å². The van der Waals surface area contributed by atoms with Crippen LogP contribution in [0.15, 0.2) is 58.0 Å². The highest BCUT2D eigenvalue weighted by Crippen LogP contribution is 2.19. The van der Waals surface area contributed by atoms with Gasteiger partial charge in [-0.3, -0.25) is 4.99 Å². The summed E-state index contributed by atoms with van der Waals surface area (Å²) in [4.78, 5) is 4.49. The van der Waals surface area contributed by atoms with Gasteiger partial charge in [0.2, 0.25) is 0 Å². The van der Waals surface area contributed by atoms with E-state index in [9.17, 15) is 0 Å². The number of hydrogen-bond acceptors (Lipinski definition) is 3. The fourth-order valence-electron chi connectivity index (χ4n) is 2.21. The van der Waals surface area contributed by atoms with E-state index >= 15 is 0 Å². The van der Waals surface area contributed by atoms with E-state index < -0.39 is 0 Å². The Morgan fingerprint density at radius 1 is 1.10 bits per heavy atom. The van der Waals surface area contributed by atoms with Crippen molar-refractivity contribution in [3.05, 3.63) is 64.1 Å². The van der Waals surface area contributed by atoms with Crippen LogP contribution in [0, 0.1) is 0 Å². The fourth-order valence-corrected chi connectivity index (χ4v) is 2.61. The van der Waals surface area contributed by atoms with Gasteiger partial charge in [0.1, 0.15) is 18.2 Å². The predicted octanol–water partition coefficient (Wildman–Crippen LogP) is 3.77. The van der Waals surface area contributed by atoms with E-state index in [1.54, 1.807) is 0 Å². The van der Waals surface area contributed by atoms with Crippen molar-refractivity contribution in [2.24, 2.45) is 4.99 Å². The lowest BCUT2D eigenvalue weighted by molar-refractivity contribution is 0.305. The molecular formula is C17H17BrN2O. The zero-order valence-electron chi connectivity index (χ0n) is 11.7. The number of ether oxygens (including phenoxy) is 1. The van der Waals surface area contributed by atoms with Crippen molar-refractivity contribution < 1.29 is 4.74 Å². The Balaban J connectivity index is 1.65. The summed E-state index contributed by atoms with van der Waals surface area (Å²) in [7, 11) is 0. The van der Waals surface area contributed by atoms with E-state index in [1.807, 2.05) is 42.5 Å². The molecule has 0 fully saturated rings. The average molecular weight is 345 g/mol. The van der Waals surface area contributed by atoms with Crippen LogP contribution in [0.2, 0.25) is 0 Å². The third-order valence-corrected chi connectivity index (χ3v) is 4.15. The lowest BCUT2D eigenvalue weighted by Gasteiger charge is -2.15. The highest BCUT2D eigenvalue weighted by molar-refractivity contribution is 9.10. The Hall–Kier alpha value is -1.81. The van der Waals surface area contributed by atoms with Crippen molar-refractivity contribution in [3.8, 4) is 5.75 Å². The minimum Gasteiger partial charge on any atom is -0.489 e. The molecular weight excluding hydrogens is 328 g/mol. The van der Waals surface area contributed by atoms with Gasteiger partial charge >= 0.3 is 0 Å². The molecule has 0 atom stereocenters. The lowest BCUT2D eigenvalue weighted by atomic mass is 10.1. The van der Waals surface area contributed by atoms with Crippen LogP contribution < -0.4 is 10.1 Å². The average Bonchev–Trinajstić information content (AvgIpc) is 2.55. The van der Waals surface area contributed by atoms with E-state index in [2.05, 4.69) is 32.3 Å². The minimum absolute atomic E-state index is 0.556. The number of amidine groups is 1. The van der Waals surface area contributed by atoms with Crippen molar-refractivity contribution in [1.29, 1.82) is 0 Å². The molecule has 21 heavy (non-hydrogen) atoms. The molecule has 0 spiro atoms. The third kappa shape index (κ3) is 3.64. The van der Waals surface area contributed by atoms with Crippen molar-refractivity contribution in [2.75, 3.05) is 13.1 Å². The van der Waals surface area contributed by atoms with E-state index in [-0.39, 0.29) is 0 Å². The molecule has 0 saturated heterocycles. The van der Waals surface area contributed by atoms with Gasteiger partial charge in [-0.1, -0.05) is 34.1 Å². The van der Waals surface area contributed by atoms with Gasteiger partial charge in [0.05, 0.1) is 0 Å². The van der Waals surface area contributed by atoms with Crippen LogP contribution in [-0.2, 0) is 6.61 Å². The van der Waals surface area contributed by atoms with Gasteiger partial charge in [-0.25, -0.2) is 0 Å². The first-order valence-electron chi connectivity index (χ1n) is 7.08. The molecule has 2 aromatic rings. The zero-order valence-corrected chi connectivity index (χ0v) is 13.3. The van der Waals surface area contributed by atoms with E-state index in [0.29, 0.717) is 6.61 Å². The number of nitrogens with zero attached hydrogens (tertiary/aromatic N) is 1. The number of halogens is 1. The summed E-state index contributed by atoms with van der Waals surface area (Å²) in [5, 5.41) is 3.32. The minimum atomic E-state index is 0.556. The summed E-state index contributed by atoms with van der Waals surface area (Å²) in [6, 6.07) is 16.2. The van der Waals surface area contributed by atoms with Gasteiger partial charge in [0, 0.05) is 28.7 Å². The van der Waals surface area contributed by atoms with Gasteiger partial charge in [-0.2, -0.15) is 0 Å². The normalized spacial score (nSPS) is 14.2. The second kappa shape index (κ2) is 6.76. The maximum absolute atomic E-state index is 5.82. The standard InChI is InChI=1S/C17H17BrN2O/c18-16-5-2-1-4-14(16)12-21-15-8-6-13(7-9-15)17-19-10-3-11-20-17/h1-2,4-9H,3,10-12H2,(H,19,20). The van der Waals surface area contributed by atoms with Crippen molar-refractivity contribution in [1.82, 2.24) is 5.32 Å². The third-order valence-electron chi connectivity index (χ3n) is 3.38. The van der Waals surface area contributed by atoms with Gasteiger partial charge in [0.15, 0.2) is 0 Å². The number of nitrogens with one attached hydrogen (secondary N) is 1. The van der Waals surface area contributed by atoms with Crippen molar-refractivity contribution in [3.63, 3.8) is 0 Å². The molecule has 0 aromatic heterocycles. The monoisotopic (exact) mass is 344 g/mol. The molecule has 4 heteroatoms. The molecule has 0 saturated carbocycles. The Kier molecular flexibility index (Phi) is 4.55. The molecule has 1 aliphatic rings. The van der Waals surface area contributed by atoms with Crippen LogP contribution in [0.4, 0.5) is 0 Å². The fraction of sp³-hybridized carbons (Fsp3) is 0.235. The van der Waals surface area contributed by atoms with Crippen LogP contribution in [-0.4, -0.2) is 18.9 Å². The first-order chi connectivity index (χ1) is 10.3. The Labute approximate surface area is 133 Å². The van der Waals surface area contributed by atoms with Gasteiger partial charge < -0.3 is 10.1 Å². The molecule has 3 rings (SSSR count). The SMILES string of the molecule is Brc1ccccc1COc1ccc(C2=NCCCN2)cc1. The topological polar surface area (TPSA) is 33.6 Å². The van der Waals surface area contributed by atoms with Gasteiger partial charge in [-0.05, 0) is 36.8 Å². The molecule has 0 bridgehead atoms. The number of benzene rings is 2. The van der Waals surface area contributed by atoms with E-state index in [4.69, 9.17) is 4.74 Å². The van der Waals surface area contributed by atoms with Crippen LogP contribution in [0.1, 0.15) is 17.5 Å². The first-order valence-corrected chi connectivity index (χ1v) is 7.87. The second-order valence-electron chi connectivity index (χ2n) is 4.92. The molecule has 2 aromatic carbocycles. The molecule has 1 aliphatic heterocycles. The molecule has 0 amide bonds. The number of aliphatic imine (C=N–C) groups is 1. The van der Waals surface area contributed by atoms with Crippen molar-refractivity contribution in [2.45, 2.75) is 13.0 Å². The summed E-state index contributed by atoms with van der Waals surface area (Å²) in [6.45, 7) is 2.46. The molecule has 0 aliphatic carbocycles. The molecule has 108 valence electrons. The predicted molar refractivity (Wildman–Crippen MR) is 88.9 cm³/mol. The largest absolute Gasteiger partial charge is 0.489 e. The smallest absolute Gasteiger partial charge is 0.128 e. The van der Waals surface area contributed by atoms with Gasteiger partial charge in [0.25, 0.3) is 0 Å². The molecule has 1 N–H and O–H groups in total. The molecule has 0 radical (unpaired) electrons. The molecule has 0 unspecified atom stereocenters. The Bertz CT molecular complexity index is 637. The number of rotatable bonds is 4. The van der Waals surface area contributed by atoms with Crippen LogP contribution in [0.25, 0.3) is 0 Å². The van der Waals surface area contributed by atoms with Crippen LogP contribution >= 0.6 is 15.9 Å². The maximum Gasteiger partial charge on any atom is 0.128 e. The van der Waals surface area contributed by atoms with Crippen LogP contribution in [0.3, 0.4) is 0 Å². The number of hydrogen-bond donors (Lipinski definition) is 1.